The van der Waals surface area contributed by atoms with E-state index < -0.39 is 10.0 Å². The number of hydrogen-bond acceptors (Lipinski definition) is 3. The number of alkyl halides is 1. The molecular weight excluding hydrogens is 310 g/mol. The van der Waals surface area contributed by atoms with E-state index in [1.54, 1.807) is 6.07 Å². The minimum absolute atomic E-state index is 0.156. The van der Waals surface area contributed by atoms with Crippen LogP contribution >= 0.6 is 27.3 Å². The molecule has 1 aromatic heterocycles. The van der Waals surface area contributed by atoms with Gasteiger partial charge < -0.3 is 0 Å². The predicted molar refractivity (Wildman–Crippen MR) is 71.8 cm³/mol. The minimum Gasteiger partial charge on any atom is -0.209 e. The third kappa shape index (κ3) is 3.84. The zero-order valence-electron chi connectivity index (χ0n) is 9.53. The molecule has 0 aliphatic heterocycles. The number of hydrogen-bond donors (Lipinski definition) is 1. The van der Waals surface area contributed by atoms with Crippen LogP contribution in [0.5, 0.6) is 0 Å². The van der Waals surface area contributed by atoms with Crippen molar-refractivity contribution >= 4 is 37.3 Å². The molecule has 0 bridgehead atoms. The van der Waals surface area contributed by atoms with Crippen LogP contribution in [0.15, 0.2) is 16.3 Å². The zero-order chi connectivity index (χ0) is 12.3. The van der Waals surface area contributed by atoms with Crippen molar-refractivity contribution < 1.29 is 8.42 Å². The van der Waals surface area contributed by atoms with Crippen LogP contribution < -0.4 is 4.72 Å². The molecule has 0 aliphatic carbocycles. The largest absolute Gasteiger partial charge is 0.250 e. The Morgan fingerprint density at radius 2 is 2.06 bits per heavy atom. The molecule has 0 saturated heterocycles. The number of thiophene rings is 1. The molecule has 16 heavy (non-hydrogen) atoms. The summed E-state index contributed by atoms with van der Waals surface area (Å²) in [5, 5.41) is 0. The maximum absolute atomic E-state index is 11.9. The van der Waals surface area contributed by atoms with Crippen LogP contribution in [0.1, 0.15) is 18.7 Å². The highest BCUT2D eigenvalue weighted by Gasteiger charge is 2.18. The van der Waals surface area contributed by atoms with Crippen LogP contribution in [0.3, 0.4) is 0 Å². The van der Waals surface area contributed by atoms with E-state index in [4.69, 9.17) is 0 Å². The van der Waals surface area contributed by atoms with Crippen molar-refractivity contribution in [3.8, 4) is 0 Å². The second-order valence-corrected chi connectivity index (χ2v) is 8.43. The van der Waals surface area contributed by atoms with Gasteiger partial charge >= 0.3 is 0 Å². The molecule has 0 amide bonds. The van der Waals surface area contributed by atoms with E-state index in [0.717, 1.165) is 4.88 Å². The SMILES string of the molecule is Cc1ccc(S(=O)(=O)NCC(Br)C(C)C)s1. The van der Waals surface area contributed by atoms with Gasteiger partial charge in [0.1, 0.15) is 4.21 Å². The Hall–Kier alpha value is 0.0900. The molecule has 0 radical (unpaired) electrons. The topological polar surface area (TPSA) is 46.2 Å². The summed E-state index contributed by atoms with van der Waals surface area (Å²) >= 11 is 4.74. The van der Waals surface area contributed by atoms with Crippen LogP contribution in [0, 0.1) is 12.8 Å². The second kappa shape index (κ2) is 5.62. The quantitative estimate of drug-likeness (QED) is 0.846. The molecule has 6 heteroatoms. The van der Waals surface area contributed by atoms with Crippen LogP contribution in [-0.2, 0) is 10.0 Å². The molecule has 1 rings (SSSR count). The zero-order valence-corrected chi connectivity index (χ0v) is 12.7. The van der Waals surface area contributed by atoms with E-state index in [2.05, 4.69) is 20.7 Å². The first-order valence-electron chi connectivity index (χ1n) is 5.03. The van der Waals surface area contributed by atoms with Gasteiger partial charge in [0, 0.05) is 16.2 Å². The summed E-state index contributed by atoms with van der Waals surface area (Å²) in [5.41, 5.74) is 0. The third-order valence-corrected chi connectivity index (χ3v) is 6.47. The lowest BCUT2D eigenvalue weighted by atomic mass is 10.1. The Morgan fingerprint density at radius 1 is 1.44 bits per heavy atom. The highest BCUT2D eigenvalue weighted by atomic mass is 79.9. The molecule has 1 unspecified atom stereocenters. The Labute approximate surface area is 109 Å². The number of sulfonamides is 1. The average Bonchev–Trinajstić information content (AvgIpc) is 2.61. The summed E-state index contributed by atoms with van der Waals surface area (Å²) in [6.07, 6.45) is 0. The molecular formula is C10H16BrNO2S2. The van der Waals surface area contributed by atoms with Gasteiger partial charge in [0.2, 0.25) is 10.0 Å². The van der Waals surface area contributed by atoms with E-state index in [1.807, 2.05) is 26.8 Å². The summed E-state index contributed by atoms with van der Waals surface area (Å²) in [6, 6.07) is 3.45. The van der Waals surface area contributed by atoms with E-state index in [-0.39, 0.29) is 4.83 Å². The molecule has 0 aliphatic rings. The third-order valence-electron chi connectivity index (χ3n) is 2.17. The highest BCUT2D eigenvalue weighted by Crippen LogP contribution is 2.20. The molecule has 0 aromatic carbocycles. The number of halogens is 1. The molecule has 3 nitrogen and oxygen atoms in total. The van der Waals surface area contributed by atoms with Crippen molar-refractivity contribution in [2.75, 3.05) is 6.54 Å². The van der Waals surface area contributed by atoms with Gasteiger partial charge in [-0.25, -0.2) is 13.1 Å². The van der Waals surface area contributed by atoms with E-state index in [9.17, 15) is 8.42 Å². The van der Waals surface area contributed by atoms with Gasteiger partial charge in [0.05, 0.1) is 0 Å². The summed E-state index contributed by atoms with van der Waals surface area (Å²) in [6.45, 7) is 6.40. The van der Waals surface area contributed by atoms with E-state index in [1.165, 1.54) is 11.3 Å². The molecule has 1 aromatic rings. The lowest BCUT2D eigenvalue weighted by molar-refractivity contribution is 0.564. The van der Waals surface area contributed by atoms with Crippen LogP contribution in [0.2, 0.25) is 0 Å². The first-order chi connectivity index (χ1) is 7.33. The van der Waals surface area contributed by atoms with E-state index in [0.29, 0.717) is 16.7 Å². The minimum atomic E-state index is -3.33. The Morgan fingerprint density at radius 3 is 2.50 bits per heavy atom. The van der Waals surface area contributed by atoms with Gasteiger partial charge in [-0.2, -0.15) is 0 Å². The fourth-order valence-corrected chi connectivity index (χ4v) is 3.82. The Balaban J connectivity index is 2.67. The maximum atomic E-state index is 11.9. The van der Waals surface area contributed by atoms with Crippen LogP contribution in [0.4, 0.5) is 0 Å². The van der Waals surface area contributed by atoms with Crippen molar-refractivity contribution in [2.45, 2.75) is 29.8 Å². The molecule has 1 atom stereocenters. The Kier molecular flexibility index (Phi) is 4.97. The fourth-order valence-electron chi connectivity index (χ4n) is 1.05. The van der Waals surface area contributed by atoms with Crippen molar-refractivity contribution in [3.63, 3.8) is 0 Å². The standard InChI is InChI=1S/C10H16BrNO2S2/c1-7(2)9(11)6-12-16(13,14)10-5-4-8(3)15-10/h4-5,7,9,12H,6H2,1-3H3. The van der Waals surface area contributed by atoms with E-state index >= 15 is 0 Å². The van der Waals surface area contributed by atoms with Crippen molar-refractivity contribution in [1.29, 1.82) is 0 Å². The average molecular weight is 326 g/mol. The van der Waals surface area contributed by atoms with Crippen molar-refractivity contribution in [2.24, 2.45) is 5.92 Å². The molecule has 0 saturated carbocycles. The monoisotopic (exact) mass is 325 g/mol. The van der Waals surface area contributed by atoms with Gasteiger partial charge in [-0.05, 0) is 25.0 Å². The molecule has 0 spiro atoms. The maximum Gasteiger partial charge on any atom is 0.250 e. The molecule has 0 fully saturated rings. The van der Waals surface area contributed by atoms with Gasteiger partial charge in [-0.3, -0.25) is 0 Å². The summed E-state index contributed by atoms with van der Waals surface area (Å²) in [7, 11) is -3.33. The lowest BCUT2D eigenvalue weighted by Gasteiger charge is -2.13. The molecule has 1 heterocycles. The predicted octanol–water partition coefficient (Wildman–Crippen LogP) is 2.75. The summed E-state index contributed by atoms with van der Waals surface area (Å²) < 4.78 is 26.7. The van der Waals surface area contributed by atoms with Gasteiger partial charge in [-0.1, -0.05) is 29.8 Å². The smallest absolute Gasteiger partial charge is 0.209 e. The first kappa shape index (κ1) is 14.2. The van der Waals surface area contributed by atoms with Crippen LogP contribution in [0.25, 0.3) is 0 Å². The summed E-state index contributed by atoms with van der Waals surface area (Å²) in [4.78, 5) is 1.16. The molecule has 1 N–H and O–H groups in total. The Bertz CT molecular complexity index is 439. The molecule has 92 valence electrons. The van der Waals surface area contributed by atoms with Crippen LogP contribution in [-0.4, -0.2) is 19.8 Å². The lowest BCUT2D eigenvalue weighted by Crippen LogP contribution is -2.31. The number of aryl methyl sites for hydroxylation is 1. The van der Waals surface area contributed by atoms with Crippen molar-refractivity contribution in [3.05, 3.63) is 17.0 Å². The number of nitrogens with one attached hydrogen (secondary N) is 1. The summed E-state index contributed by atoms with van der Waals surface area (Å²) in [5.74, 6) is 0.396. The second-order valence-electron chi connectivity index (χ2n) is 3.98. The normalized spacial score (nSPS) is 14.3. The first-order valence-corrected chi connectivity index (χ1v) is 8.24. The van der Waals surface area contributed by atoms with Gasteiger partial charge in [-0.15, -0.1) is 11.3 Å². The highest BCUT2D eigenvalue weighted by molar-refractivity contribution is 9.09. The van der Waals surface area contributed by atoms with Gasteiger partial charge in [0.15, 0.2) is 0 Å². The number of rotatable bonds is 5. The van der Waals surface area contributed by atoms with Crippen molar-refractivity contribution in [1.82, 2.24) is 4.72 Å². The fraction of sp³-hybridized carbons (Fsp3) is 0.600. The van der Waals surface area contributed by atoms with Gasteiger partial charge in [0.25, 0.3) is 0 Å².